The van der Waals surface area contributed by atoms with E-state index in [1.165, 1.54) is 25.7 Å². The molecule has 0 bridgehead atoms. The van der Waals surface area contributed by atoms with Crippen LogP contribution < -0.4 is 5.32 Å². The van der Waals surface area contributed by atoms with Gasteiger partial charge < -0.3 is 15.2 Å². The van der Waals surface area contributed by atoms with Gasteiger partial charge in [0.15, 0.2) is 0 Å². The van der Waals surface area contributed by atoms with E-state index in [4.69, 9.17) is 4.74 Å². The van der Waals surface area contributed by atoms with E-state index in [9.17, 15) is 5.11 Å². The second-order valence-corrected chi connectivity index (χ2v) is 5.19. The zero-order chi connectivity index (χ0) is 11.9. The fraction of sp³-hybridized carbons (Fsp3) is 1.00. The fourth-order valence-electron chi connectivity index (χ4n) is 2.15. The summed E-state index contributed by atoms with van der Waals surface area (Å²) in [6, 6.07) is 0. The third kappa shape index (κ3) is 4.81. The number of rotatable bonds is 8. The average molecular weight is 229 g/mol. The molecule has 1 aliphatic heterocycles. The van der Waals surface area contributed by atoms with Gasteiger partial charge in [-0.1, -0.05) is 26.2 Å². The third-order valence-corrected chi connectivity index (χ3v) is 3.46. The van der Waals surface area contributed by atoms with Gasteiger partial charge in [0.2, 0.25) is 0 Å². The Kier molecular flexibility index (Phi) is 6.32. The molecule has 3 heteroatoms. The Morgan fingerprint density at radius 3 is 2.81 bits per heavy atom. The molecule has 96 valence electrons. The Morgan fingerprint density at radius 1 is 1.44 bits per heavy atom. The van der Waals surface area contributed by atoms with Gasteiger partial charge in [0.1, 0.15) is 0 Å². The molecule has 0 saturated carbocycles. The van der Waals surface area contributed by atoms with Crippen LogP contribution in [0.15, 0.2) is 0 Å². The Bertz CT molecular complexity index is 181. The summed E-state index contributed by atoms with van der Waals surface area (Å²) in [4.78, 5) is 0. The molecule has 2 unspecified atom stereocenters. The van der Waals surface area contributed by atoms with Gasteiger partial charge in [-0.25, -0.2) is 0 Å². The van der Waals surface area contributed by atoms with Crippen LogP contribution in [0.25, 0.3) is 0 Å². The highest BCUT2D eigenvalue weighted by molar-refractivity contribution is 4.84. The van der Waals surface area contributed by atoms with Crippen LogP contribution >= 0.6 is 0 Å². The van der Waals surface area contributed by atoms with Gasteiger partial charge in [0.25, 0.3) is 0 Å². The van der Waals surface area contributed by atoms with Crippen LogP contribution in [0.2, 0.25) is 0 Å². The molecular weight excluding hydrogens is 202 g/mol. The van der Waals surface area contributed by atoms with Crippen molar-refractivity contribution in [1.82, 2.24) is 5.32 Å². The van der Waals surface area contributed by atoms with E-state index in [0.29, 0.717) is 6.10 Å². The quantitative estimate of drug-likeness (QED) is 0.626. The molecule has 1 aliphatic rings. The summed E-state index contributed by atoms with van der Waals surface area (Å²) >= 11 is 0. The molecule has 0 amide bonds. The van der Waals surface area contributed by atoms with Crippen molar-refractivity contribution in [2.45, 2.75) is 64.0 Å². The maximum atomic E-state index is 9.46. The average Bonchev–Trinajstić information content (AvgIpc) is 2.80. The topological polar surface area (TPSA) is 41.5 Å². The number of hydrogen-bond donors (Lipinski definition) is 2. The predicted octanol–water partition coefficient (Wildman–Crippen LogP) is 2.09. The minimum absolute atomic E-state index is 0.124. The van der Waals surface area contributed by atoms with E-state index in [2.05, 4.69) is 19.2 Å². The zero-order valence-corrected chi connectivity index (χ0v) is 10.8. The summed E-state index contributed by atoms with van der Waals surface area (Å²) in [7, 11) is 0. The minimum atomic E-state index is -0.124. The van der Waals surface area contributed by atoms with Gasteiger partial charge >= 0.3 is 0 Å². The highest BCUT2D eigenvalue weighted by Gasteiger charge is 2.24. The summed E-state index contributed by atoms with van der Waals surface area (Å²) < 4.78 is 5.57. The Balaban J connectivity index is 2.21. The SMILES string of the molecule is CCCCCC(C)(CO)NCC1CCCO1. The molecule has 0 radical (unpaired) electrons. The molecule has 0 aliphatic carbocycles. The number of unbranched alkanes of at least 4 members (excludes halogenated alkanes) is 2. The third-order valence-electron chi connectivity index (χ3n) is 3.46. The maximum absolute atomic E-state index is 9.46. The highest BCUT2D eigenvalue weighted by atomic mass is 16.5. The maximum Gasteiger partial charge on any atom is 0.0700 e. The second kappa shape index (κ2) is 7.25. The van der Waals surface area contributed by atoms with Gasteiger partial charge in [0, 0.05) is 18.7 Å². The number of aliphatic hydroxyl groups is 1. The van der Waals surface area contributed by atoms with E-state index in [-0.39, 0.29) is 12.1 Å². The molecule has 0 aromatic rings. The lowest BCUT2D eigenvalue weighted by Crippen LogP contribution is -2.48. The number of ether oxygens (including phenoxy) is 1. The van der Waals surface area contributed by atoms with Crippen LogP contribution in [-0.2, 0) is 4.74 Å². The Morgan fingerprint density at radius 2 is 2.25 bits per heavy atom. The molecule has 2 N–H and O–H groups in total. The lowest BCUT2D eigenvalue weighted by atomic mass is 9.95. The molecule has 0 aromatic carbocycles. The first-order chi connectivity index (χ1) is 7.70. The summed E-state index contributed by atoms with van der Waals surface area (Å²) in [6.45, 7) is 6.30. The second-order valence-electron chi connectivity index (χ2n) is 5.19. The van der Waals surface area contributed by atoms with Crippen molar-refractivity contribution < 1.29 is 9.84 Å². The number of nitrogens with one attached hydrogen (secondary N) is 1. The van der Waals surface area contributed by atoms with Gasteiger partial charge in [-0.15, -0.1) is 0 Å². The Labute approximate surface area is 99.6 Å². The van der Waals surface area contributed by atoms with Gasteiger partial charge in [0.05, 0.1) is 12.7 Å². The van der Waals surface area contributed by atoms with Crippen molar-refractivity contribution in [3.05, 3.63) is 0 Å². The predicted molar refractivity (Wildman–Crippen MR) is 66.6 cm³/mol. The molecule has 2 atom stereocenters. The van der Waals surface area contributed by atoms with E-state index in [1.54, 1.807) is 0 Å². The molecular formula is C13H27NO2. The Hall–Kier alpha value is -0.120. The minimum Gasteiger partial charge on any atom is -0.394 e. The van der Waals surface area contributed by atoms with Crippen molar-refractivity contribution >= 4 is 0 Å². The van der Waals surface area contributed by atoms with E-state index < -0.39 is 0 Å². The van der Waals surface area contributed by atoms with Crippen molar-refractivity contribution in [3.63, 3.8) is 0 Å². The fourth-order valence-corrected chi connectivity index (χ4v) is 2.15. The molecule has 1 fully saturated rings. The first-order valence-electron chi connectivity index (χ1n) is 6.67. The number of hydrogen-bond acceptors (Lipinski definition) is 3. The van der Waals surface area contributed by atoms with Crippen molar-refractivity contribution in [1.29, 1.82) is 0 Å². The lowest BCUT2D eigenvalue weighted by molar-refractivity contribution is 0.0887. The van der Waals surface area contributed by atoms with Crippen LogP contribution in [0.4, 0.5) is 0 Å². The van der Waals surface area contributed by atoms with Crippen LogP contribution in [-0.4, -0.2) is 36.5 Å². The largest absolute Gasteiger partial charge is 0.394 e. The lowest BCUT2D eigenvalue weighted by Gasteiger charge is -2.30. The smallest absolute Gasteiger partial charge is 0.0700 e. The van der Waals surface area contributed by atoms with Crippen molar-refractivity contribution in [2.24, 2.45) is 0 Å². The van der Waals surface area contributed by atoms with Gasteiger partial charge in [-0.2, -0.15) is 0 Å². The van der Waals surface area contributed by atoms with Crippen LogP contribution in [0, 0.1) is 0 Å². The molecule has 0 aromatic heterocycles. The molecule has 1 heterocycles. The molecule has 16 heavy (non-hydrogen) atoms. The zero-order valence-electron chi connectivity index (χ0n) is 10.8. The van der Waals surface area contributed by atoms with Crippen molar-refractivity contribution in [2.75, 3.05) is 19.8 Å². The molecule has 1 saturated heterocycles. The normalized spacial score (nSPS) is 24.6. The summed E-state index contributed by atoms with van der Waals surface area (Å²) in [6.07, 6.45) is 7.40. The van der Waals surface area contributed by atoms with E-state index >= 15 is 0 Å². The van der Waals surface area contributed by atoms with Crippen LogP contribution in [0.5, 0.6) is 0 Å². The first-order valence-corrected chi connectivity index (χ1v) is 6.67. The summed E-state index contributed by atoms with van der Waals surface area (Å²) in [5.41, 5.74) is -0.124. The molecule has 1 rings (SSSR count). The highest BCUT2D eigenvalue weighted by Crippen LogP contribution is 2.16. The van der Waals surface area contributed by atoms with Crippen molar-refractivity contribution in [3.8, 4) is 0 Å². The standard InChI is InChI=1S/C13H27NO2/c1-3-4-5-8-13(2,11-15)14-10-12-7-6-9-16-12/h12,14-15H,3-11H2,1-2H3. The molecule has 0 spiro atoms. The molecule has 3 nitrogen and oxygen atoms in total. The summed E-state index contributed by atoms with van der Waals surface area (Å²) in [5.74, 6) is 0. The van der Waals surface area contributed by atoms with E-state index in [1.807, 2.05) is 0 Å². The number of aliphatic hydroxyl groups excluding tert-OH is 1. The first kappa shape index (κ1) is 13.9. The van der Waals surface area contributed by atoms with Crippen LogP contribution in [0.1, 0.15) is 52.4 Å². The summed E-state index contributed by atoms with van der Waals surface area (Å²) in [5, 5.41) is 12.9. The van der Waals surface area contributed by atoms with Gasteiger partial charge in [-0.05, 0) is 26.2 Å². The monoisotopic (exact) mass is 229 g/mol. The van der Waals surface area contributed by atoms with Crippen LogP contribution in [0.3, 0.4) is 0 Å². The van der Waals surface area contributed by atoms with E-state index in [0.717, 1.165) is 26.0 Å². The van der Waals surface area contributed by atoms with Gasteiger partial charge in [-0.3, -0.25) is 0 Å².